The average Bonchev–Trinajstić information content (AvgIpc) is 3.33. The molecule has 0 saturated carbocycles. The molecule has 0 amide bonds. The van der Waals surface area contributed by atoms with Gasteiger partial charge in [0.15, 0.2) is 5.79 Å². The highest BCUT2D eigenvalue weighted by molar-refractivity contribution is 5.95. The highest BCUT2D eigenvalue weighted by atomic mass is 16.5. The molecule has 3 heterocycles. The minimum Gasteiger partial charge on any atom is -0.383 e. The molecule has 1 aromatic heterocycles. The Hall–Kier alpha value is -3.29. The first-order chi connectivity index (χ1) is 17.6. The Morgan fingerprint density at radius 1 is 1.06 bits per heavy atom. The summed E-state index contributed by atoms with van der Waals surface area (Å²) in [5.74, 6) is 1.34. The second kappa shape index (κ2) is 11.2. The van der Waals surface area contributed by atoms with Gasteiger partial charge in [0.2, 0.25) is 0 Å². The van der Waals surface area contributed by atoms with Crippen molar-refractivity contribution in [1.82, 2.24) is 20.5 Å². The van der Waals surface area contributed by atoms with Gasteiger partial charge in [0.25, 0.3) is 0 Å². The third kappa shape index (κ3) is 5.74. The lowest BCUT2D eigenvalue weighted by atomic mass is 10.0. The van der Waals surface area contributed by atoms with Crippen molar-refractivity contribution < 1.29 is 4.74 Å². The van der Waals surface area contributed by atoms with E-state index in [1.807, 2.05) is 0 Å². The number of amidine groups is 1. The van der Waals surface area contributed by atoms with Crippen LogP contribution in [0.1, 0.15) is 36.8 Å². The van der Waals surface area contributed by atoms with E-state index in [-0.39, 0.29) is 0 Å². The van der Waals surface area contributed by atoms with Crippen molar-refractivity contribution in [2.24, 2.45) is 4.99 Å². The van der Waals surface area contributed by atoms with Gasteiger partial charge in [-0.1, -0.05) is 35.9 Å². The number of nitrogens with one attached hydrogen (secondary N) is 4. The number of fused-ring (bicyclic) bond motifs is 1. The molecule has 5 rings (SSSR count). The summed E-state index contributed by atoms with van der Waals surface area (Å²) in [6.45, 7) is 5.52. The van der Waals surface area contributed by atoms with Gasteiger partial charge in [0.1, 0.15) is 11.7 Å². The van der Waals surface area contributed by atoms with Crippen molar-refractivity contribution >= 4 is 22.4 Å². The zero-order valence-electron chi connectivity index (χ0n) is 21.4. The number of aromatic amines is 1. The molecular weight excluding hydrogens is 448 g/mol. The Kier molecular flexibility index (Phi) is 7.58. The largest absolute Gasteiger partial charge is 0.383 e. The molecule has 2 aliphatic rings. The number of aromatic nitrogens is 1. The molecule has 0 aliphatic carbocycles. The van der Waals surface area contributed by atoms with E-state index in [0.717, 1.165) is 43.3 Å². The maximum Gasteiger partial charge on any atom is 0.188 e. The van der Waals surface area contributed by atoms with Crippen LogP contribution in [-0.2, 0) is 11.2 Å². The monoisotopic (exact) mass is 486 g/mol. The number of aliphatic imine (C=N–C) groups is 1. The smallest absolute Gasteiger partial charge is 0.188 e. The topological polar surface area (TPSA) is 76.7 Å². The Bertz CT molecular complexity index is 1210. The van der Waals surface area contributed by atoms with E-state index in [0.29, 0.717) is 13.2 Å². The number of anilines is 1. The van der Waals surface area contributed by atoms with Gasteiger partial charge < -0.3 is 25.3 Å². The molecule has 1 atom stereocenters. The van der Waals surface area contributed by atoms with E-state index in [1.54, 1.807) is 7.11 Å². The van der Waals surface area contributed by atoms with Gasteiger partial charge in [-0.25, -0.2) is 4.99 Å². The summed E-state index contributed by atoms with van der Waals surface area (Å²) in [6, 6.07) is 17.0. The van der Waals surface area contributed by atoms with E-state index in [9.17, 15) is 0 Å². The van der Waals surface area contributed by atoms with Crippen molar-refractivity contribution in [2.45, 2.75) is 44.8 Å². The lowest BCUT2D eigenvalue weighted by Crippen LogP contribution is -2.60. The number of hydrogen-bond donors (Lipinski definition) is 4. The third-order valence-corrected chi connectivity index (χ3v) is 7.09. The Morgan fingerprint density at radius 3 is 2.67 bits per heavy atom. The van der Waals surface area contributed by atoms with Crippen molar-refractivity contribution in [3.8, 4) is 0 Å². The molecule has 190 valence electrons. The zero-order valence-corrected chi connectivity index (χ0v) is 21.4. The van der Waals surface area contributed by atoms with Crippen molar-refractivity contribution in [1.29, 1.82) is 0 Å². The molecule has 1 fully saturated rings. The van der Waals surface area contributed by atoms with Crippen molar-refractivity contribution in [3.05, 3.63) is 77.8 Å². The first kappa shape index (κ1) is 24.4. The number of H-pyrrole nitrogens is 1. The fourth-order valence-corrected chi connectivity index (χ4v) is 5.09. The number of piperidine rings is 1. The Labute approximate surface area is 214 Å². The number of para-hydroxylation sites is 1. The number of likely N-dealkylation sites (tertiary alicyclic amines) is 1. The lowest BCUT2D eigenvalue weighted by molar-refractivity contribution is 0.173. The van der Waals surface area contributed by atoms with Crippen LogP contribution in [0.3, 0.4) is 0 Å². The highest BCUT2D eigenvalue weighted by Gasteiger charge is 2.34. The quantitative estimate of drug-likeness (QED) is 0.329. The molecule has 2 aliphatic heterocycles. The fraction of sp³-hybridized carbons (Fsp3) is 0.414. The third-order valence-electron chi connectivity index (χ3n) is 7.09. The predicted octanol–water partition coefficient (Wildman–Crippen LogP) is 4.74. The summed E-state index contributed by atoms with van der Waals surface area (Å²) in [5.41, 5.74) is 4.78. The summed E-state index contributed by atoms with van der Waals surface area (Å²) >= 11 is 0. The maximum atomic E-state index is 5.38. The van der Waals surface area contributed by atoms with E-state index in [4.69, 9.17) is 9.73 Å². The second-order valence-electron chi connectivity index (χ2n) is 9.83. The number of aryl methyl sites for hydroxylation is 2. The molecule has 0 radical (unpaired) electrons. The summed E-state index contributed by atoms with van der Waals surface area (Å²) in [6.07, 6.45) is 9.67. The Balaban J connectivity index is 1.45. The first-order valence-electron chi connectivity index (χ1n) is 13.1. The fourth-order valence-electron chi connectivity index (χ4n) is 5.09. The normalized spacial score (nSPS) is 20.1. The molecular formula is C29H38N6O. The Morgan fingerprint density at radius 2 is 1.86 bits per heavy atom. The van der Waals surface area contributed by atoms with Gasteiger partial charge in [0, 0.05) is 62.0 Å². The molecule has 7 heteroatoms. The summed E-state index contributed by atoms with van der Waals surface area (Å²) in [4.78, 5) is 11.2. The van der Waals surface area contributed by atoms with Crippen LogP contribution in [0.25, 0.3) is 10.9 Å². The molecule has 1 saturated heterocycles. The van der Waals surface area contributed by atoms with E-state index >= 15 is 0 Å². The van der Waals surface area contributed by atoms with Crippen molar-refractivity contribution in [2.75, 3.05) is 38.7 Å². The molecule has 0 bridgehead atoms. The number of nitrogens with zero attached hydrogens (tertiary/aromatic N) is 2. The molecule has 36 heavy (non-hydrogen) atoms. The summed E-state index contributed by atoms with van der Waals surface area (Å²) < 4.78 is 5.38. The zero-order chi connectivity index (χ0) is 24.8. The standard InChI is InChI=1S/C29H38N6O/c1-22-10-12-24(13-11-22)32-27-20-28(35-17-6-3-7-18-35)34-29(33-27,31-16-19-36-2)15-14-23-21-30-26-9-5-4-8-25(23)26/h4-5,8-13,20-21,30-33H,3,6-7,14-19H2,1-2H3. The number of ether oxygens (including phenoxy) is 1. The molecule has 2 aromatic carbocycles. The van der Waals surface area contributed by atoms with Crippen LogP contribution >= 0.6 is 0 Å². The van der Waals surface area contributed by atoms with Crippen LogP contribution in [0.5, 0.6) is 0 Å². The predicted molar refractivity (Wildman–Crippen MR) is 148 cm³/mol. The first-order valence-corrected chi connectivity index (χ1v) is 13.1. The van der Waals surface area contributed by atoms with Gasteiger partial charge in [-0.3, -0.25) is 5.32 Å². The second-order valence-corrected chi connectivity index (χ2v) is 9.83. The van der Waals surface area contributed by atoms with Crippen LogP contribution in [0, 0.1) is 6.92 Å². The molecule has 7 nitrogen and oxygen atoms in total. The molecule has 1 unspecified atom stereocenters. The van der Waals surface area contributed by atoms with Gasteiger partial charge in [-0.2, -0.15) is 0 Å². The number of rotatable bonds is 9. The SMILES string of the molecule is COCCNC1(CCc2c[nH]c3ccccc23)N=C(N2CCCCC2)C=C(Nc2ccc(C)cc2)N1. The van der Waals surface area contributed by atoms with Gasteiger partial charge in [0.05, 0.1) is 6.61 Å². The van der Waals surface area contributed by atoms with E-state index in [2.05, 4.69) is 93.6 Å². The van der Waals surface area contributed by atoms with E-state index in [1.165, 1.54) is 41.3 Å². The van der Waals surface area contributed by atoms with Gasteiger partial charge >= 0.3 is 0 Å². The minimum absolute atomic E-state index is 0.621. The average molecular weight is 487 g/mol. The molecule has 4 N–H and O–H groups in total. The van der Waals surface area contributed by atoms with Crippen LogP contribution in [0.2, 0.25) is 0 Å². The maximum absolute atomic E-state index is 5.38. The lowest BCUT2D eigenvalue weighted by Gasteiger charge is -2.40. The van der Waals surface area contributed by atoms with Crippen LogP contribution in [0.4, 0.5) is 5.69 Å². The van der Waals surface area contributed by atoms with Gasteiger partial charge in [-0.15, -0.1) is 0 Å². The number of methoxy groups -OCH3 is 1. The summed E-state index contributed by atoms with van der Waals surface area (Å²) in [7, 11) is 1.74. The molecule has 0 spiro atoms. The number of benzene rings is 2. The number of hydrogen-bond acceptors (Lipinski definition) is 6. The van der Waals surface area contributed by atoms with Gasteiger partial charge in [-0.05, 0) is 56.4 Å². The highest BCUT2D eigenvalue weighted by Crippen LogP contribution is 2.26. The van der Waals surface area contributed by atoms with Crippen LogP contribution in [-0.4, -0.2) is 54.9 Å². The van der Waals surface area contributed by atoms with Crippen LogP contribution in [0.15, 0.2) is 71.6 Å². The minimum atomic E-state index is -0.647. The molecule has 3 aromatic rings. The van der Waals surface area contributed by atoms with E-state index < -0.39 is 5.79 Å². The van der Waals surface area contributed by atoms with Crippen LogP contribution < -0.4 is 16.0 Å². The summed E-state index contributed by atoms with van der Waals surface area (Å²) in [5, 5.41) is 12.3. The van der Waals surface area contributed by atoms with Crippen molar-refractivity contribution in [3.63, 3.8) is 0 Å².